The van der Waals surface area contributed by atoms with Gasteiger partial charge in [-0.2, -0.15) is 0 Å². The molecular weight excluding hydrogens is 360 g/mol. The lowest BCUT2D eigenvalue weighted by molar-refractivity contribution is -0.137. The molecule has 0 bridgehead atoms. The summed E-state index contributed by atoms with van der Waals surface area (Å²) in [6.45, 7) is 2.07. The number of carbonyl (C=O) groups is 1. The number of imidazole rings is 1. The van der Waals surface area contributed by atoms with Crippen molar-refractivity contribution in [3.8, 4) is 0 Å². The van der Waals surface area contributed by atoms with Crippen LogP contribution in [0.1, 0.15) is 127 Å². The molecular formula is C25H46N2O2. The lowest BCUT2D eigenvalue weighted by Crippen LogP contribution is -1.93. The summed E-state index contributed by atoms with van der Waals surface area (Å²) in [6, 6.07) is 0. The summed E-state index contributed by atoms with van der Waals surface area (Å²) in [6.07, 6.45) is 25.9. The molecule has 0 aliphatic rings. The first-order valence-electron chi connectivity index (χ1n) is 12.3. The molecule has 168 valence electrons. The molecule has 4 heteroatoms. The molecule has 0 saturated carbocycles. The van der Waals surface area contributed by atoms with E-state index in [1.165, 1.54) is 102 Å². The maximum absolute atomic E-state index is 10.4. The van der Waals surface area contributed by atoms with Gasteiger partial charge in [0, 0.05) is 19.7 Å². The Bertz CT molecular complexity index is 505. The summed E-state index contributed by atoms with van der Waals surface area (Å²) in [5, 5.41) is 8.59. The van der Waals surface area contributed by atoms with Crippen molar-refractivity contribution in [3.63, 3.8) is 0 Å². The number of carboxylic acid groups (broad SMARTS) is 1. The maximum atomic E-state index is 10.4. The lowest BCUT2D eigenvalue weighted by atomic mass is 10.0. The van der Waals surface area contributed by atoms with Crippen LogP contribution in [0.2, 0.25) is 0 Å². The van der Waals surface area contributed by atoms with E-state index in [9.17, 15) is 4.79 Å². The highest BCUT2D eigenvalue weighted by Crippen LogP contribution is 2.15. The Hall–Kier alpha value is -1.32. The highest BCUT2D eigenvalue weighted by Gasteiger charge is 2.01. The molecule has 1 N–H and O–H groups in total. The van der Waals surface area contributed by atoms with Gasteiger partial charge in [-0.05, 0) is 26.2 Å². The van der Waals surface area contributed by atoms with E-state index in [-0.39, 0.29) is 0 Å². The Labute approximate surface area is 179 Å². The van der Waals surface area contributed by atoms with Crippen LogP contribution in [0, 0.1) is 6.92 Å². The van der Waals surface area contributed by atoms with Crippen molar-refractivity contribution in [1.29, 1.82) is 0 Å². The Kier molecular flexibility index (Phi) is 15.5. The van der Waals surface area contributed by atoms with Crippen LogP contribution in [0.5, 0.6) is 0 Å². The van der Waals surface area contributed by atoms with E-state index in [1.54, 1.807) is 0 Å². The van der Waals surface area contributed by atoms with Crippen molar-refractivity contribution in [2.75, 3.05) is 0 Å². The van der Waals surface area contributed by atoms with Gasteiger partial charge in [-0.15, -0.1) is 0 Å². The Morgan fingerprint density at radius 2 is 1.14 bits per heavy atom. The summed E-state index contributed by atoms with van der Waals surface area (Å²) >= 11 is 0. The average Bonchev–Trinajstić information content (AvgIpc) is 3.01. The summed E-state index contributed by atoms with van der Waals surface area (Å²) in [5.74, 6) is 0.460. The normalized spacial score (nSPS) is 11.2. The van der Waals surface area contributed by atoms with E-state index >= 15 is 0 Å². The average molecular weight is 407 g/mol. The first-order chi connectivity index (χ1) is 14.1. The fourth-order valence-electron chi connectivity index (χ4n) is 3.99. The molecule has 0 aliphatic heterocycles. The smallest absolute Gasteiger partial charge is 0.303 e. The first-order valence-corrected chi connectivity index (χ1v) is 12.3. The summed E-state index contributed by atoms with van der Waals surface area (Å²) in [7, 11) is 2.07. The molecule has 0 amide bonds. The second kappa shape index (κ2) is 17.5. The molecule has 0 atom stereocenters. The second-order valence-electron chi connectivity index (χ2n) is 8.79. The zero-order chi connectivity index (χ0) is 21.2. The number of rotatable bonds is 20. The van der Waals surface area contributed by atoms with Crippen LogP contribution in [0.4, 0.5) is 0 Å². The predicted octanol–water partition coefficient (Wildman–Crippen LogP) is 7.38. The molecule has 1 heterocycles. The van der Waals surface area contributed by atoms with Crippen LogP contribution in [0.3, 0.4) is 0 Å². The van der Waals surface area contributed by atoms with E-state index in [4.69, 9.17) is 5.11 Å². The topological polar surface area (TPSA) is 55.1 Å². The van der Waals surface area contributed by atoms with E-state index in [1.807, 2.05) is 0 Å². The highest BCUT2D eigenvalue weighted by molar-refractivity contribution is 5.66. The molecule has 0 aromatic carbocycles. The van der Waals surface area contributed by atoms with Crippen molar-refractivity contribution < 1.29 is 9.90 Å². The third-order valence-corrected chi connectivity index (χ3v) is 5.98. The zero-order valence-corrected chi connectivity index (χ0v) is 19.3. The quantitative estimate of drug-likeness (QED) is 0.230. The van der Waals surface area contributed by atoms with E-state index in [0.29, 0.717) is 6.42 Å². The number of carboxylic acids is 1. The Balaban J connectivity index is 1.71. The molecule has 1 rings (SSSR count). The van der Waals surface area contributed by atoms with Crippen LogP contribution < -0.4 is 0 Å². The largest absolute Gasteiger partial charge is 0.481 e. The molecule has 0 saturated heterocycles. The van der Waals surface area contributed by atoms with Gasteiger partial charge >= 0.3 is 5.97 Å². The lowest BCUT2D eigenvalue weighted by Gasteiger charge is -2.04. The van der Waals surface area contributed by atoms with Gasteiger partial charge in [-0.1, -0.05) is 96.3 Å². The van der Waals surface area contributed by atoms with Gasteiger partial charge in [0.2, 0.25) is 0 Å². The van der Waals surface area contributed by atoms with Gasteiger partial charge in [0.05, 0.1) is 5.69 Å². The molecule has 4 nitrogen and oxygen atoms in total. The van der Waals surface area contributed by atoms with Crippen LogP contribution in [0.25, 0.3) is 0 Å². The van der Waals surface area contributed by atoms with Gasteiger partial charge < -0.3 is 9.67 Å². The van der Waals surface area contributed by atoms with Crippen LogP contribution in [-0.4, -0.2) is 20.6 Å². The van der Waals surface area contributed by atoms with Gasteiger partial charge in [0.1, 0.15) is 5.82 Å². The van der Waals surface area contributed by atoms with Crippen molar-refractivity contribution in [1.82, 2.24) is 9.55 Å². The maximum Gasteiger partial charge on any atom is 0.303 e. The number of aliphatic carboxylic acids is 1. The van der Waals surface area contributed by atoms with E-state index in [0.717, 1.165) is 25.1 Å². The summed E-state index contributed by atoms with van der Waals surface area (Å²) < 4.78 is 2.11. The number of hydrogen-bond donors (Lipinski definition) is 1. The monoisotopic (exact) mass is 406 g/mol. The molecule has 29 heavy (non-hydrogen) atoms. The predicted molar refractivity (Wildman–Crippen MR) is 122 cm³/mol. The van der Waals surface area contributed by atoms with Crippen molar-refractivity contribution in [2.24, 2.45) is 7.05 Å². The van der Waals surface area contributed by atoms with Crippen LogP contribution >= 0.6 is 0 Å². The summed E-state index contributed by atoms with van der Waals surface area (Å²) in [4.78, 5) is 15.0. The molecule has 0 fully saturated rings. The number of aryl methyl sites for hydroxylation is 3. The third-order valence-electron chi connectivity index (χ3n) is 5.98. The standard InChI is InChI=1S/C25H46N2O2/c1-23-26-24(22-27(23)2)20-18-16-14-12-10-8-6-4-3-5-7-9-11-13-15-17-19-21-25(28)29/h22H,3-21H2,1-2H3,(H,28,29). The number of nitrogens with zero attached hydrogens (tertiary/aromatic N) is 2. The van der Waals surface area contributed by atoms with E-state index < -0.39 is 5.97 Å². The SMILES string of the molecule is Cc1nc(CCCCCCCCCCCCCCCCCCCC(=O)O)cn1C. The van der Waals surface area contributed by atoms with Crippen molar-refractivity contribution in [2.45, 2.75) is 129 Å². The van der Waals surface area contributed by atoms with Gasteiger partial charge in [0.15, 0.2) is 0 Å². The molecule has 0 aliphatic carbocycles. The minimum absolute atomic E-state index is 0.339. The van der Waals surface area contributed by atoms with Gasteiger partial charge in [-0.25, -0.2) is 4.98 Å². The fourth-order valence-corrected chi connectivity index (χ4v) is 3.99. The molecule has 1 aromatic heterocycles. The Morgan fingerprint density at radius 1 is 0.759 bits per heavy atom. The van der Waals surface area contributed by atoms with E-state index in [2.05, 4.69) is 29.7 Å². The number of unbranched alkanes of at least 4 members (excludes halogenated alkanes) is 16. The molecule has 0 radical (unpaired) electrons. The first kappa shape index (κ1) is 25.7. The molecule has 0 unspecified atom stereocenters. The fraction of sp³-hybridized carbons (Fsp3) is 0.840. The van der Waals surface area contributed by atoms with Crippen molar-refractivity contribution in [3.05, 3.63) is 17.7 Å². The number of aromatic nitrogens is 2. The molecule has 1 aromatic rings. The Morgan fingerprint density at radius 3 is 1.48 bits per heavy atom. The summed E-state index contributed by atoms with van der Waals surface area (Å²) in [5.41, 5.74) is 1.25. The minimum atomic E-state index is -0.656. The van der Waals surface area contributed by atoms with Gasteiger partial charge in [-0.3, -0.25) is 4.79 Å². The highest BCUT2D eigenvalue weighted by atomic mass is 16.4. The van der Waals surface area contributed by atoms with Crippen LogP contribution in [-0.2, 0) is 18.3 Å². The zero-order valence-electron chi connectivity index (χ0n) is 19.3. The van der Waals surface area contributed by atoms with Gasteiger partial charge in [0.25, 0.3) is 0 Å². The second-order valence-corrected chi connectivity index (χ2v) is 8.79. The number of hydrogen-bond acceptors (Lipinski definition) is 2. The van der Waals surface area contributed by atoms with Crippen LogP contribution in [0.15, 0.2) is 6.20 Å². The van der Waals surface area contributed by atoms with Crippen molar-refractivity contribution >= 4 is 5.97 Å². The molecule has 0 spiro atoms. The minimum Gasteiger partial charge on any atom is -0.481 e. The third kappa shape index (κ3) is 15.2.